The van der Waals surface area contributed by atoms with Gasteiger partial charge in [0.05, 0.1) is 23.3 Å². The first kappa shape index (κ1) is 106. The number of fused-ring (bicyclic) bond motifs is 14. The second-order valence-corrected chi connectivity index (χ2v) is 37.5. The number of aromatic hydroxyl groups is 4. The quantitative estimate of drug-likeness (QED) is 0.0281. The van der Waals surface area contributed by atoms with E-state index < -0.39 is 298 Å². The summed E-state index contributed by atoms with van der Waals surface area (Å²) >= 11 is 15.0. The SMILES string of the molecule is CCCCCCCCCCNC[C@H]1O[C@@H](Oc2c3cc4cc2Oc2ccc(cc2Cl)[C@@H](O[C@@H]2O[C@H](CO)[C@@H](O)[C@H](O)[C@H]2NC(C)=O)[C@@H]2NC(=O)[C@H](NC(=O)[C@@H]4NC(=O)[C@H]4NC(=O)[C@@H](Cc5ccc(c(Cl)c5)O3)NC(=O)[C@H](N)c3ccc(O)c(c3)Oc3cc(O)cc4c3)c3ccc(O)c(c3)-c3c(O[C@H]4O[C@H](CO)[C@@H](O)[C@H](O)[C@@H]4O)cc(O)cc3[C@@H](C(=O)O)NC2=O)[C@H](NC(=O)CCCCCCC(C)C)[C@@H](O)[C@@H]1O. The number of aliphatic carboxylic acids is 1. The van der Waals surface area contributed by atoms with Gasteiger partial charge in [-0.25, -0.2) is 4.79 Å². The van der Waals surface area contributed by atoms with Crippen LogP contribution in [0, 0.1) is 5.92 Å². The third kappa shape index (κ3) is 24.7. The number of carbonyl (C=O) groups excluding carboxylic acids is 8. The molecular weight excluding hydrogens is 1900 g/mol. The summed E-state index contributed by atoms with van der Waals surface area (Å²) < 4.78 is 58.8. The summed E-state index contributed by atoms with van der Waals surface area (Å²) in [5.41, 5.74) is 3.02. The highest BCUT2D eigenvalue weighted by Crippen LogP contribution is 2.51. The summed E-state index contributed by atoms with van der Waals surface area (Å²) in [7, 11) is 0. The van der Waals surface area contributed by atoms with Crippen LogP contribution in [0.3, 0.4) is 0 Å². The van der Waals surface area contributed by atoms with Crippen LogP contribution in [-0.4, -0.2) is 255 Å². The Morgan fingerprint density at radius 2 is 1.06 bits per heavy atom. The van der Waals surface area contributed by atoms with E-state index in [-0.39, 0.29) is 57.5 Å². The number of amides is 8. The third-order valence-corrected chi connectivity index (χ3v) is 26.3. The van der Waals surface area contributed by atoms with Gasteiger partial charge >= 0.3 is 5.97 Å². The molecule has 142 heavy (non-hydrogen) atoms. The number of nitrogens with one attached hydrogen (secondary N) is 9. The predicted molar refractivity (Wildman–Crippen MR) is 501 cm³/mol. The number of phenolic OH excluding ortho intramolecular Hbond substituents is 4. The minimum atomic E-state index is -2.58. The van der Waals surface area contributed by atoms with Crippen LogP contribution in [0.15, 0.2) is 115 Å². The second kappa shape index (κ2) is 47.0. The zero-order valence-electron chi connectivity index (χ0n) is 77.7. The topological polar surface area (TPSA) is 654 Å². The van der Waals surface area contributed by atoms with Gasteiger partial charge in [-0.2, -0.15) is 0 Å². The van der Waals surface area contributed by atoms with Gasteiger partial charge in [0, 0.05) is 55.1 Å². The van der Waals surface area contributed by atoms with Crippen molar-refractivity contribution in [1.29, 1.82) is 0 Å². The first-order valence-corrected chi connectivity index (χ1v) is 47.8. The van der Waals surface area contributed by atoms with Crippen LogP contribution in [-0.2, 0) is 68.5 Å². The number of carbonyl (C=O) groups is 9. The van der Waals surface area contributed by atoms with Gasteiger partial charge < -0.3 is 168 Å². The summed E-state index contributed by atoms with van der Waals surface area (Å²) in [6.07, 6.45) is -17.0. The molecule has 3 saturated heterocycles. The number of carboxylic acid groups (broad SMARTS) is 1. The van der Waals surface area contributed by atoms with Crippen molar-refractivity contribution in [1.82, 2.24) is 47.9 Å². The summed E-state index contributed by atoms with van der Waals surface area (Å²) in [5.74, 6) is -18.6. The molecule has 7 aromatic carbocycles. The number of phenols is 4. The molecule has 9 aliphatic heterocycles. The molecule has 16 rings (SSSR count). The summed E-state index contributed by atoms with van der Waals surface area (Å²) in [5, 5.41) is 185. The summed E-state index contributed by atoms with van der Waals surface area (Å²) in [4.78, 5) is 140. The van der Waals surface area contributed by atoms with Gasteiger partial charge in [0.2, 0.25) is 65.6 Å². The maximum atomic E-state index is 17.2. The van der Waals surface area contributed by atoms with Crippen LogP contribution in [0.25, 0.3) is 11.1 Å². The molecular formula is C98H118Cl2N10O32. The van der Waals surface area contributed by atoms with Gasteiger partial charge in [-0.05, 0) is 138 Å². The molecule has 25 N–H and O–H groups in total. The number of nitrogens with two attached hydrogens (primary N) is 1. The van der Waals surface area contributed by atoms with Crippen LogP contribution >= 0.6 is 23.2 Å². The minimum absolute atomic E-state index is 0.0387. The minimum Gasteiger partial charge on any atom is -0.508 e. The average Bonchev–Trinajstić information content (AvgIpc) is 0.757. The lowest BCUT2D eigenvalue weighted by Crippen LogP contribution is -2.66. The number of hydrogen-bond donors (Lipinski definition) is 24. The van der Waals surface area contributed by atoms with E-state index in [2.05, 4.69) is 68.6 Å². The normalized spacial score (nSPS) is 27.7. The molecule has 17 bridgehead atoms. The number of aliphatic hydroxyl groups excluding tert-OH is 9. The van der Waals surface area contributed by atoms with Crippen molar-refractivity contribution in [3.8, 4) is 80.1 Å². The number of unbranched alkanes of at least 4 members (excludes halogenated alkanes) is 10. The first-order valence-electron chi connectivity index (χ1n) is 47.1. The van der Waals surface area contributed by atoms with E-state index in [1.54, 1.807) is 0 Å². The Labute approximate surface area is 824 Å². The van der Waals surface area contributed by atoms with Crippen molar-refractivity contribution in [2.45, 2.75) is 264 Å². The fourth-order valence-electron chi connectivity index (χ4n) is 18.1. The van der Waals surface area contributed by atoms with Crippen molar-refractivity contribution < 1.29 is 157 Å². The molecule has 9 heterocycles. The number of rotatable bonds is 29. The van der Waals surface area contributed by atoms with E-state index >= 15 is 24.0 Å². The van der Waals surface area contributed by atoms with Crippen LogP contribution in [0.4, 0.5) is 0 Å². The van der Waals surface area contributed by atoms with Crippen LogP contribution in [0.5, 0.6) is 69.0 Å². The van der Waals surface area contributed by atoms with Crippen LogP contribution in [0.1, 0.15) is 193 Å². The molecule has 0 radical (unpaired) electrons. The number of hydrogen-bond acceptors (Lipinski definition) is 33. The Morgan fingerprint density at radius 1 is 0.500 bits per heavy atom. The van der Waals surface area contributed by atoms with Crippen molar-refractivity contribution in [2.75, 3.05) is 26.3 Å². The maximum Gasteiger partial charge on any atom is 0.330 e. The van der Waals surface area contributed by atoms with Gasteiger partial charge in [-0.3, -0.25) is 38.4 Å². The van der Waals surface area contributed by atoms with E-state index in [0.717, 1.165) is 156 Å². The maximum absolute atomic E-state index is 17.2. The summed E-state index contributed by atoms with van der Waals surface area (Å²) in [6.45, 7) is 5.46. The van der Waals surface area contributed by atoms with Gasteiger partial charge in [0.15, 0.2) is 35.3 Å². The van der Waals surface area contributed by atoms with E-state index in [4.69, 9.17) is 71.6 Å². The highest BCUT2D eigenvalue weighted by Gasteiger charge is 2.53. The smallest absolute Gasteiger partial charge is 0.330 e. The lowest BCUT2D eigenvalue weighted by molar-refractivity contribution is -0.284. The number of benzene rings is 7. The molecule has 766 valence electrons. The standard InChI is InChI=1S/C98H118Cl2N10O32/c1-5-6-7-8-9-10-13-16-27-102-40-67-80(119)84(123)78(105-70(118)18-15-12-11-14-17-43(2)3)97(138-67)142-88-65-35-50-36-66(88)136-62-26-22-48(33-57(62)100)87(141-96-77(103-44(4)113)83(122)81(120)68(41-111)139-96)79-94(131)109-76(95(132)133)55-38-52(115)39-64(137-98-86(125)85(124)82(121)69(42-112)140-98)71(55)54-32-47(21-23-59(54)116)73(91(128)110-79)107-93(130)75(50)108-92(129)74-49-30-51(114)37-53(31-49)134-63-34-46(20-24-60(63)117)72(101)90(127)104-58(89(126)106-74)29-45-19-25-61(135-65)56(99)28-45/h19-26,28,30-39,43,58,67-69,72-87,96-98,102,111-112,114-117,119-125H,5-18,27,29,40-42,101H2,1-4H3,(H,103,113)(H,104,127)(H,105,118)(H,106,126)(H,107,130)(H,108,129)(H,109,131)(H,110,128)(H,132,133)/t58-,67-,68-,69-,72-,73-,74+,75-,76+,77-,78-,79+,80-,81-,82-,83-,84-,85+,86+,87-,96+,97+,98+/m1/s1. The zero-order valence-corrected chi connectivity index (χ0v) is 79.2. The monoisotopic (exact) mass is 2020 g/mol. The average molecular weight is 2020 g/mol. The lowest BCUT2D eigenvalue weighted by atomic mass is 9.89. The van der Waals surface area contributed by atoms with Crippen LogP contribution in [0.2, 0.25) is 10.0 Å². The molecule has 8 amide bonds. The Kier molecular flexibility index (Phi) is 35.0. The van der Waals surface area contributed by atoms with E-state index in [9.17, 15) is 90.7 Å². The Morgan fingerprint density at radius 3 is 1.72 bits per heavy atom. The molecule has 0 aliphatic carbocycles. The number of ether oxygens (including phenoxy) is 9. The molecule has 0 spiro atoms. The number of aliphatic hydroxyl groups is 9. The van der Waals surface area contributed by atoms with Crippen molar-refractivity contribution in [3.05, 3.63) is 164 Å². The Balaban J connectivity index is 1.02. The van der Waals surface area contributed by atoms with Crippen molar-refractivity contribution in [2.24, 2.45) is 11.7 Å². The highest BCUT2D eigenvalue weighted by atomic mass is 35.5. The molecule has 42 nitrogen and oxygen atoms in total. The van der Waals surface area contributed by atoms with Gasteiger partial charge in [0.1, 0.15) is 156 Å². The molecule has 23 atom stereocenters. The molecule has 0 aromatic heterocycles. The van der Waals surface area contributed by atoms with E-state index in [0.29, 0.717) is 31.7 Å². The highest BCUT2D eigenvalue weighted by molar-refractivity contribution is 6.32. The summed E-state index contributed by atoms with van der Waals surface area (Å²) in [6, 6.07) is 1.44. The predicted octanol–water partition coefficient (Wildman–Crippen LogP) is 4.76. The fourth-order valence-corrected chi connectivity index (χ4v) is 18.6. The van der Waals surface area contributed by atoms with E-state index in [1.165, 1.54) is 30.3 Å². The third-order valence-electron chi connectivity index (χ3n) is 25.8. The zero-order chi connectivity index (χ0) is 102. The molecule has 7 aromatic rings. The van der Waals surface area contributed by atoms with Crippen molar-refractivity contribution in [3.63, 3.8) is 0 Å². The van der Waals surface area contributed by atoms with Gasteiger partial charge in [-0.1, -0.05) is 139 Å². The first-order chi connectivity index (χ1) is 67.9. The molecule has 0 unspecified atom stereocenters. The van der Waals surface area contributed by atoms with Crippen LogP contribution < -0.4 is 77.3 Å². The Hall–Kier alpha value is -12.0. The largest absolute Gasteiger partial charge is 0.508 e. The second-order valence-electron chi connectivity index (χ2n) is 36.7. The van der Waals surface area contributed by atoms with Gasteiger partial charge in [0.25, 0.3) is 0 Å². The molecule has 3 fully saturated rings. The molecule has 0 saturated carbocycles. The molecule has 9 aliphatic rings. The molecule has 44 heteroatoms. The lowest BCUT2D eigenvalue weighted by Gasteiger charge is -2.44. The van der Waals surface area contributed by atoms with Crippen molar-refractivity contribution >= 4 is 76.4 Å². The van der Waals surface area contributed by atoms with E-state index in [1.807, 2.05) is 0 Å². The number of halogens is 2. The number of carboxylic acids is 1. The fraction of sp³-hybridized carbons (Fsp3) is 0.480. The Bertz CT molecular complexity index is 5770. The van der Waals surface area contributed by atoms with Gasteiger partial charge in [-0.15, -0.1) is 0 Å².